The number of amides is 2. The van der Waals surface area contributed by atoms with Gasteiger partial charge in [-0.05, 0) is 42.5 Å². The summed E-state index contributed by atoms with van der Waals surface area (Å²) < 4.78 is 6.22. The summed E-state index contributed by atoms with van der Waals surface area (Å²) in [6.45, 7) is 0. The summed E-state index contributed by atoms with van der Waals surface area (Å²) >= 11 is 5.72. The molecule has 2 aliphatic heterocycles. The van der Waals surface area contributed by atoms with Crippen LogP contribution in [-0.4, -0.2) is 22.0 Å². The summed E-state index contributed by atoms with van der Waals surface area (Å²) in [7, 11) is 0. The highest BCUT2D eigenvalue weighted by Crippen LogP contribution is 2.51. The van der Waals surface area contributed by atoms with E-state index in [-0.39, 0.29) is 22.6 Å². The number of carbonyl (C=O) groups excluding carboxylic acids is 2. The van der Waals surface area contributed by atoms with Crippen molar-refractivity contribution in [1.29, 1.82) is 0 Å². The molecule has 5 rings (SSSR count). The van der Waals surface area contributed by atoms with Crippen molar-refractivity contribution >= 4 is 62.6 Å². The maximum Gasteiger partial charge on any atom is 0.305 e. The van der Waals surface area contributed by atoms with Crippen molar-refractivity contribution in [3.63, 3.8) is 0 Å². The summed E-state index contributed by atoms with van der Waals surface area (Å²) in [6.07, 6.45) is 5.21. The second kappa shape index (κ2) is 7.16. The molecule has 4 heterocycles. The van der Waals surface area contributed by atoms with E-state index in [4.69, 9.17) is 4.42 Å². The van der Waals surface area contributed by atoms with Crippen molar-refractivity contribution in [3.05, 3.63) is 73.5 Å². The Balaban J connectivity index is 1.58. The molecule has 1 aromatic carbocycles. The molecule has 0 bridgehead atoms. The van der Waals surface area contributed by atoms with Gasteiger partial charge >= 0.3 is 4.87 Å². The fourth-order valence-corrected chi connectivity index (χ4v) is 6.45. The molecule has 0 saturated carbocycles. The number of allylic oxidation sites excluding steroid dienone is 1. The van der Waals surface area contributed by atoms with E-state index in [2.05, 4.69) is 20.9 Å². The molecule has 1 saturated heterocycles. The van der Waals surface area contributed by atoms with E-state index >= 15 is 0 Å². The van der Waals surface area contributed by atoms with Gasteiger partial charge in [0.1, 0.15) is 11.0 Å². The van der Waals surface area contributed by atoms with Crippen molar-refractivity contribution in [2.24, 2.45) is 5.92 Å². The lowest BCUT2D eigenvalue weighted by molar-refractivity contribution is -0.122. The third-order valence-corrected chi connectivity index (χ3v) is 7.92. The zero-order valence-corrected chi connectivity index (χ0v) is 17.9. The van der Waals surface area contributed by atoms with Crippen molar-refractivity contribution in [2.75, 3.05) is 4.90 Å². The Hall–Kier alpha value is -2.36. The molecule has 2 aromatic heterocycles. The fraction of sp³-hybridized carbons (Fsp3) is 0.150. The van der Waals surface area contributed by atoms with Crippen LogP contribution in [0.4, 0.5) is 5.69 Å². The molecule has 3 aromatic rings. The molecule has 0 radical (unpaired) electrons. The van der Waals surface area contributed by atoms with Crippen molar-refractivity contribution < 1.29 is 14.0 Å². The first-order valence-corrected chi connectivity index (χ1v) is 11.3. The molecule has 9 heteroatoms. The van der Waals surface area contributed by atoms with Gasteiger partial charge in [0.25, 0.3) is 0 Å². The molecule has 1 N–H and O–H groups in total. The normalized spacial score (nSPS) is 23.6. The molecular weight excluding hydrogens is 476 g/mol. The van der Waals surface area contributed by atoms with Crippen LogP contribution in [0.1, 0.15) is 16.6 Å². The Morgan fingerprint density at radius 1 is 1.10 bits per heavy atom. The van der Waals surface area contributed by atoms with Gasteiger partial charge in [0.05, 0.1) is 22.9 Å². The number of fused-ring (bicyclic) bond motifs is 2. The third kappa shape index (κ3) is 3.13. The number of halogens is 1. The molecule has 3 atom stereocenters. The molecular formula is C20H13BrN2O4S2. The lowest BCUT2D eigenvalue weighted by Crippen LogP contribution is -2.31. The molecule has 2 amide bonds. The number of nitrogens with zero attached hydrogens (tertiary/aromatic N) is 1. The Labute approximate surface area is 181 Å². The van der Waals surface area contributed by atoms with Gasteiger partial charge in [0, 0.05) is 15.3 Å². The predicted octanol–water partition coefficient (Wildman–Crippen LogP) is 4.25. The summed E-state index contributed by atoms with van der Waals surface area (Å²) in [4.78, 5) is 43.2. The van der Waals surface area contributed by atoms with E-state index in [9.17, 15) is 14.4 Å². The number of aromatic amines is 1. The number of anilines is 1. The van der Waals surface area contributed by atoms with Gasteiger partial charge < -0.3 is 9.40 Å². The zero-order chi connectivity index (χ0) is 20.1. The van der Waals surface area contributed by atoms with Gasteiger partial charge in [-0.1, -0.05) is 45.1 Å². The minimum absolute atomic E-state index is 0.191. The number of furan rings is 1. The van der Waals surface area contributed by atoms with Crippen molar-refractivity contribution in [2.45, 2.75) is 16.2 Å². The number of thiazole rings is 1. The fourth-order valence-electron chi connectivity index (χ4n) is 3.69. The van der Waals surface area contributed by atoms with Crippen LogP contribution in [0, 0.1) is 5.92 Å². The van der Waals surface area contributed by atoms with Crippen LogP contribution in [0.3, 0.4) is 0 Å². The number of imide groups is 1. The van der Waals surface area contributed by atoms with Crippen LogP contribution in [0.5, 0.6) is 0 Å². The first-order chi connectivity index (χ1) is 14.0. The largest absolute Gasteiger partial charge is 0.465 e. The first-order valence-electron chi connectivity index (χ1n) is 8.77. The number of thioether (sulfide) groups is 1. The number of hydrogen-bond acceptors (Lipinski definition) is 6. The Bertz CT molecular complexity index is 1180. The van der Waals surface area contributed by atoms with E-state index in [0.717, 1.165) is 20.7 Å². The number of nitrogens with one attached hydrogen (secondary N) is 1. The van der Waals surface area contributed by atoms with Gasteiger partial charge in [0.2, 0.25) is 11.8 Å². The van der Waals surface area contributed by atoms with E-state index in [0.29, 0.717) is 16.5 Å². The van der Waals surface area contributed by atoms with Crippen molar-refractivity contribution in [1.82, 2.24) is 4.98 Å². The lowest BCUT2D eigenvalue weighted by atomic mass is 9.88. The number of benzene rings is 1. The molecule has 0 unspecified atom stereocenters. The molecule has 1 fully saturated rings. The number of aromatic nitrogens is 1. The highest BCUT2D eigenvalue weighted by molar-refractivity contribution is 9.10. The number of H-pyrrole nitrogens is 1. The summed E-state index contributed by atoms with van der Waals surface area (Å²) in [5, 5.41) is 0.0734. The van der Waals surface area contributed by atoms with Crippen LogP contribution >= 0.6 is 39.0 Å². The second-order valence-electron chi connectivity index (χ2n) is 6.66. The molecule has 0 spiro atoms. The maximum absolute atomic E-state index is 13.4. The van der Waals surface area contributed by atoms with Gasteiger partial charge in [-0.25, -0.2) is 4.90 Å². The van der Waals surface area contributed by atoms with E-state index < -0.39 is 11.2 Å². The Kier molecular flexibility index (Phi) is 4.60. The van der Waals surface area contributed by atoms with Crippen LogP contribution in [0.15, 0.2) is 67.4 Å². The van der Waals surface area contributed by atoms with Crippen LogP contribution in [0.25, 0.3) is 6.08 Å². The smallest absolute Gasteiger partial charge is 0.305 e. The monoisotopic (exact) mass is 488 g/mol. The lowest BCUT2D eigenvalue weighted by Gasteiger charge is -2.27. The minimum atomic E-state index is -0.588. The van der Waals surface area contributed by atoms with Gasteiger partial charge in [0.15, 0.2) is 0 Å². The van der Waals surface area contributed by atoms with Gasteiger partial charge in [-0.15, -0.1) is 0 Å². The summed E-state index contributed by atoms with van der Waals surface area (Å²) in [5.41, 5.74) is 0.545. The number of carbonyl (C=O) groups is 2. The maximum atomic E-state index is 13.4. The molecule has 146 valence electrons. The summed E-state index contributed by atoms with van der Waals surface area (Å²) in [5.74, 6) is -0.842. The standard InChI is InChI=1S/C20H13BrN2O4S2/c21-10-3-5-11(6-4-10)23-18(24)14-13(8-7-12-2-1-9-27-12)15-17(22-20(26)29-15)28-16(14)19(23)25/h1-9,13-14,16H,(H,22,26)/b8-7+/t13-,14+,16-/m0/s1. The van der Waals surface area contributed by atoms with Crippen molar-refractivity contribution in [3.8, 4) is 0 Å². The average molecular weight is 489 g/mol. The van der Waals surface area contributed by atoms with Crippen LogP contribution in [0.2, 0.25) is 0 Å². The number of rotatable bonds is 3. The van der Waals surface area contributed by atoms with Gasteiger partial charge in [-0.3, -0.25) is 14.4 Å². The Morgan fingerprint density at radius 2 is 1.90 bits per heavy atom. The number of hydrogen-bond donors (Lipinski definition) is 1. The Morgan fingerprint density at radius 3 is 2.62 bits per heavy atom. The van der Waals surface area contributed by atoms with Crippen LogP contribution < -0.4 is 9.77 Å². The van der Waals surface area contributed by atoms with E-state index in [1.165, 1.54) is 16.7 Å². The average Bonchev–Trinajstić information content (AvgIpc) is 3.40. The van der Waals surface area contributed by atoms with Gasteiger partial charge in [-0.2, -0.15) is 0 Å². The molecule has 6 nitrogen and oxygen atoms in total. The molecule has 29 heavy (non-hydrogen) atoms. The minimum Gasteiger partial charge on any atom is -0.465 e. The first kappa shape index (κ1) is 18.7. The van der Waals surface area contributed by atoms with E-state index in [1.807, 2.05) is 12.1 Å². The summed E-state index contributed by atoms with van der Waals surface area (Å²) in [6, 6.07) is 10.7. The predicted molar refractivity (Wildman–Crippen MR) is 115 cm³/mol. The SMILES string of the molecule is O=C1[C@H]2[C@H](Sc3[nH]c(=O)sc3[C@H]2/C=C/c2ccco2)C(=O)N1c1ccc(Br)cc1. The topological polar surface area (TPSA) is 83.4 Å². The highest BCUT2D eigenvalue weighted by atomic mass is 79.9. The molecule has 2 aliphatic rings. The zero-order valence-electron chi connectivity index (χ0n) is 14.7. The van der Waals surface area contributed by atoms with E-state index in [1.54, 1.807) is 42.7 Å². The van der Waals surface area contributed by atoms with Crippen LogP contribution in [-0.2, 0) is 9.59 Å². The second-order valence-corrected chi connectivity index (χ2v) is 9.74. The third-order valence-electron chi connectivity index (χ3n) is 4.97. The highest BCUT2D eigenvalue weighted by Gasteiger charge is 2.55. The molecule has 0 aliphatic carbocycles. The quantitative estimate of drug-likeness (QED) is 0.557.